The highest BCUT2D eigenvalue weighted by atomic mass is 35.5. The standard InChI is InChI=1S/C37H36Cl2FN3O2/c1-36(2)16-18-37(19-17-36)29(25-14-13-24(38)21-27(25)41)28(26-15-20-42-34(39)30(26)40)32-35(44)45-33(23-11-7-4-8-12-23)31(43(32)37)22-9-5-3-6-10-22/h3-15,20-21,28-29,31-33H,16-19,41H2,1-2H3/t28-,29?,31-,32-,33+/m1/s1. The van der Waals surface area contributed by atoms with Gasteiger partial charge in [0.25, 0.3) is 0 Å². The van der Waals surface area contributed by atoms with Crippen molar-refractivity contribution in [3.63, 3.8) is 0 Å². The summed E-state index contributed by atoms with van der Waals surface area (Å²) in [5, 5.41) is 0.296. The summed E-state index contributed by atoms with van der Waals surface area (Å²) < 4.78 is 22.7. The van der Waals surface area contributed by atoms with Crippen LogP contribution in [0.1, 0.15) is 85.8 Å². The van der Waals surface area contributed by atoms with Crippen LogP contribution in [0.25, 0.3) is 0 Å². The second kappa shape index (κ2) is 11.4. The molecule has 3 fully saturated rings. The molecule has 232 valence electrons. The van der Waals surface area contributed by atoms with Crippen molar-refractivity contribution in [2.75, 3.05) is 5.73 Å². The molecule has 45 heavy (non-hydrogen) atoms. The van der Waals surface area contributed by atoms with Gasteiger partial charge in [0, 0.05) is 34.3 Å². The van der Waals surface area contributed by atoms with Crippen LogP contribution >= 0.6 is 23.2 Å². The molecular weight excluding hydrogens is 608 g/mol. The Balaban J connectivity index is 1.54. The van der Waals surface area contributed by atoms with E-state index in [1.807, 2.05) is 60.7 Å². The maximum absolute atomic E-state index is 16.2. The number of morpholine rings is 1. The van der Waals surface area contributed by atoms with Crippen LogP contribution in [0, 0.1) is 11.2 Å². The topological polar surface area (TPSA) is 68.4 Å². The molecule has 3 aliphatic rings. The van der Waals surface area contributed by atoms with Crippen molar-refractivity contribution in [2.24, 2.45) is 5.41 Å². The molecule has 0 radical (unpaired) electrons. The predicted octanol–water partition coefficient (Wildman–Crippen LogP) is 9.04. The summed E-state index contributed by atoms with van der Waals surface area (Å²) in [5.74, 6) is -2.01. The summed E-state index contributed by atoms with van der Waals surface area (Å²) in [7, 11) is 0. The highest BCUT2D eigenvalue weighted by Crippen LogP contribution is 2.66. The number of fused-ring (bicyclic) bond motifs is 2. The molecule has 5 nitrogen and oxygen atoms in total. The third kappa shape index (κ3) is 5.02. The summed E-state index contributed by atoms with van der Waals surface area (Å²) in [6, 6.07) is 26.2. The van der Waals surface area contributed by atoms with Crippen molar-refractivity contribution in [3.8, 4) is 0 Å². The summed E-state index contributed by atoms with van der Waals surface area (Å²) in [4.78, 5) is 21.0. The highest BCUT2D eigenvalue weighted by Gasteiger charge is 2.68. The van der Waals surface area contributed by atoms with Gasteiger partial charge in [-0.05, 0) is 71.6 Å². The average Bonchev–Trinajstić information content (AvgIpc) is 3.31. The van der Waals surface area contributed by atoms with Gasteiger partial charge in [-0.25, -0.2) is 9.37 Å². The number of benzene rings is 3. The minimum Gasteiger partial charge on any atom is -0.454 e. The number of nitrogen functional groups attached to an aromatic ring is 1. The van der Waals surface area contributed by atoms with Gasteiger partial charge in [0.15, 0.2) is 11.0 Å². The number of esters is 1. The zero-order valence-electron chi connectivity index (χ0n) is 25.3. The number of cyclic esters (lactones) is 1. The molecule has 3 aromatic carbocycles. The Bertz CT molecular complexity index is 1720. The van der Waals surface area contributed by atoms with Crippen molar-refractivity contribution < 1.29 is 13.9 Å². The van der Waals surface area contributed by atoms with E-state index in [0.29, 0.717) is 16.3 Å². The largest absolute Gasteiger partial charge is 0.454 e. The maximum Gasteiger partial charge on any atom is 0.324 e. The number of carbonyl (C=O) groups excluding carboxylic acids is 1. The molecular formula is C37H36Cl2FN3O2. The zero-order valence-corrected chi connectivity index (χ0v) is 26.8. The lowest BCUT2D eigenvalue weighted by Crippen LogP contribution is -2.59. The molecule has 4 aromatic rings. The van der Waals surface area contributed by atoms with E-state index in [0.717, 1.165) is 42.4 Å². The number of ether oxygens (including phenoxy) is 1. The fourth-order valence-corrected chi connectivity index (χ4v) is 8.75. The molecule has 2 saturated heterocycles. The second-order valence-electron chi connectivity index (χ2n) is 13.5. The normalized spacial score (nSPS) is 27.2. The Morgan fingerprint density at radius 1 is 0.867 bits per heavy atom. The first-order valence-electron chi connectivity index (χ1n) is 15.5. The highest BCUT2D eigenvalue weighted by molar-refractivity contribution is 6.31. The summed E-state index contributed by atoms with van der Waals surface area (Å²) in [6.07, 6.45) is 4.38. The molecule has 0 bridgehead atoms. The van der Waals surface area contributed by atoms with Crippen molar-refractivity contribution in [1.29, 1.82) is 0 Å². The van der Waals surface area contributed by atoms with Crippen LogP contribution in [-0.2, 0) is 9.53 Å². The number of carbonyl (C=O) groups is 1. The number of aromatic nitrogens is 1. The molecule has 1 spiro atoms. The van der Waals surface area contributed by atoms with Gasteiger partial charge < -0.3 is 10.5 Å². The lowest BCUT2D eigenvalue weighted by Gasteiger charge is -2.55. The average molecular weight is 645 g/mol. The molecule has 1 aliphatic carbocycles. The van der Waals surface area contributed by atoms with Crippen molar-refractivity contribution in [3.05, 3.63) is 129 Å². The van der Waals surface area contributed by atoms with Gasteiger partial charge in [0.05, 0.1) is 6.04 Å². The van der Waals surface area contributed by atoms with E-state index in [1.165, 1.54) is 6.20 Å². The molecule has 0 amide bonds. The quantitative estimate of drug-likeness (QED) is 0.136. The maximum atomic E-state index is 16.2. The summed E-state index contributed by atoms with van der Waals surface area (Å²) >= 11 is 12.8. The fraction of sp³-hybridized carbons (Fsp3) is 0.351. The SMILES string of the molecule is CC1(C)CCC2(CC1)C(c1ccc(Cl)cc1N)[C@@H](c1ccnc(Cl)c1F)[C@@H]1C(=O)O[C@@H](c3ccccc3)[C@@H](c3ccccc3)N12. The molecule has 1 saturated carbocycles. The number of anilines is 1. The first-order valence-corrected chi connectivity index (χ1v) is 16.3. The molecule has 5 atom stereocenters. The van der Waals surface area contributed by atoms with Gasteiger partial charge >= 0.3 is 5.97 Å². The number of pyridine rings is 1. The van der Waals surface area contributed by atoms with Crippen LogP contribution in [-0.4, -0.2) is 27.4 Å². The van der Waals surface area contributed by atoms with E-state index in [1.54, 1.807) is 12.1 Å². The number of hydrogen-bond donors (Lipinski definition) is 1. The zero-order chi connectivity index (χ0) is 31.5. The van der Waals surface area contributed by atoms with E-state index in [4.69, 9.17) is 33.7 Å². The molecule has 1 unspecified atom stereocenters. The van der Waals surface area contributed by atoms with Crippen LogP contribution in [0.5, 0.6) is 0 Å². The van der Waals surface area contributed by atoms with Crippen LogP contribution in [0.4, 0.5) is 10.1 Å². The van der Waals surface area contributed by atoms with E-state index >= 15 is 4.39 Å². The monoisotopic (exact) mass is 643 g/mol. The fourth-order valence-electron chi connectivity index (χ4n) is 8.40. The number of halogens is 3. The van der Waals surface area contributed by atoms with Crippen LogP contribution < -0.4 is 5.73 Å². The third-order valence-electron chi connectivity index (χ3n) is 10.5. The Labute approximate surface area is 273 Å². The van der Waals surface area contributed by atoms with E-state index < -0.39 is 29.4 Å². The van der Waals surface area contributed by atoms with E-state index in [9.17, 15) is 4.79 Å². The van der Waals surface area contributed by atoms with Crippen molar-refractivity contribution in [1.82, 2.24) is 9.88 Å². The number of nitrogens with zero attached hydrogens (tertiary/aromatic N) is 2. The van der Waals surface area contributed by atoms with Gasteiger partial charge in [-0.2, -0.15) is 0 Å². The summed E-state index contributed by atoms with van der Waals surface area (Å²) in [5.41, 5.74) is 9.98. The second-order valence-corrected chi connectivity index (χ2v) is 14.3. The van der Waals surface area contributed by atoms with Crippen LogP contribution in [0.2, 0.25) is 10.2 Å². The van der Waals surface area contributed by atoms with E-state index in [-0.39, 0.29) is 28.5 Å². The van der Waals surface area contributed by atoms with Crippen LogP contribution in [0.3, 0.4) is 0 Å². The number of hydrogen-bond acceptors (Lipinski definition) is 5. The first-order chi connectivity index (χ1) is 21.6. The molecule has 2 N–H and O–H groups in total. The number of rotatable bonds is 4. The minimum absolute atomic E-state index is 0.109. The Kier molecular flexibility index (Phi) is 7.66. The van der Waals surface area contributed by atoms with Crippen LogP contribution in [0.15, 0.2) is 91.1 Å². The Hall–Kier alpha value is -3.45. The lowest BCUT2D eigenvalue weighted by molar-refractivity contribution is -0.183. The van der Waals surface area contributed by atoms with Crippen molar-refractivity contribution >= 4 is 34.9 Å². The van der Waals surface area contributed by atoms with Gasteiger partial charge in [-0.1, -0.05) is 104 Å². The lowest BCUT2D eigenvalue weighted by atomic mass is 9.61. The molecule has 2 aliphatic heterocycles. The van der Waals surface area contributed by atoms with E-state index in [2.05, 4.69) is 35.9 Å². The van der Waals surface area contributed by atoms with Gasteiger partial charge in [-0.15, -0.1) is 0 Å². The summed E-state index contributed by atoms with van der Waals surface area (Å²) in [6.45, 7) is 4.59. The molecule has 1 aromatic heterocycles. The molecule has 3 heterocycles. The number of nitrogens with two attached hydrogens (primary N) is 1. The molecule has 8 heteroatoms. The Morgan fingerprint density at radius 2 is 1.51 bits per heavy atom. The van der Waals surface area contributed by atoms with Gasteiger partial charge in [0.2, 0.25) is 0 Å². The third-order valence-corrected chi connectivity index (χ3v) is 11.0. The Morgan fingerprint density at radius 3 is 2.16 bits per heavy atom. The predicted molar refractivity (Wildman–Crippen MR) is 176 cm³/mol. The van der Waals surface area contributed by atoms with Crippen molar-refractivity contribution in [2.45, 2.75) is 75.1 Å². The molecule has 7 rings (SSSR count). The first kappa shape index (κ1) is 30.2. The van der Waals surface area contributed by atoms with Gasteiger partial charge in [0.1, 0.15) is 12.1 Å². The smallest absolute Gasteiger partial charge is 0.324 e. The van der Waals surface area contributed by atoms with Gasteiger partial charge in [-0.3, -0.25) is 9.69 Å². The minimum atomic E-state index is -0.801.